The van der Waals surface area contributed by atoms with E-state index in [1.165, 1.54) is 49.4 Å². The molecule has 9 heteroatoms. The van der Waals surface area contributed by atoms with Crippen molar-refractivity contribution in [3.8, 4) is 6.07 Å². The van der Waals surface area contributed by atoms with Gasteiger partial charge in [0.05, 0.1) is 11.6 Å². The summed E-state index contributed by atoms with van der Waals surface area (Å²) in [4.78, 5) is 23.4. The first-order valence-electron chi connectivity index (χ1n) is 7.93. The minimum Gasteiger partial charge on any atom is -0.478 e. The Morgan fingerprint density at radius 2 is 1.79 bits per heavy atom. The molecule has 0 radical (unpaired) electrons. The van der Waals surface area contributed by atoms with Crippen LogP contribution in [0.1, 0.15) is 33.2 Å². The van der Waals surface area contributed by atoms with Gasteiger partial charge < -0.3 is 10.4 Å². The standard InChI is InChI=1S/C19H15F3N2O3S/c1-18(11-23,10-12-3-2-4-14(9-12)17(26)27)24-16(25)13-5-7-15(8-6-13)28-19(20,21)22/h2-9H,10H2,1H3,(H,24,25)(H,26,27). The number of nitrogens with zero attached hydrogens (tertiary/aromatic N) is 1. The Balaban J connectivity index is 2.12. The average Bonchev–Trinajstić information content (AvgIpc) is 2.61. The first kappa shape index (κ1) is 21.3. The Hall–Kier alpha value is -2.99. The van der Waals surface area contributed by atoms with E-state index in [9.17, 15) is 28.0 Å². The van der Waals surface area contributed by atoms with Gasteiger partial charge in [0.2, 0.25) is 0 Å². The third kappa shape index (κ3) is 6.03. The molecule has 0 saturated heterocycles. The molecule has 0 heterocycles. The van der Waals surface area contributed by atoms with Crippen LogP contribution in [0.2, 0.25) is 0 Å². The Morgan fingerprint density at radius 3 is 2.32 bits per heavy atom. The van der Waals surface area contributed by atoms with Crippen molar-refractivity contribution in [3.63, 3.8) is 0 Å². The smallest absolute Gasteiger partial charge is 0.446 e. The molecule has 2 aromatic rings. The molecule has 0 aliphatic rings. The molecule has 2 aromatic carbocycles. The fourth-order valence-corrected chi connectivity index (χ4v) is 3.00. The van der Waals surface area contributed by atoms with Crippen molar-refractivity contribution in [2.45, 2.75) is 29.3 Å². The fraction of sp³-hybridized carbons (Fsp3) is 0.211. The van der Waals surface area contributed by atoms with Gasteiger partial charge in [-0.1, -0.05) is 12.1 Å². The molecule has 5 nitrogen and oxygen atoms in total. The number of aromatic carboxylic acids is 1. The summed E-state index contributed by atoms with van der Waals surface area (Å²) in [5, 5.41) is 21.1. The second-order valence-corrected chi connectivity index (χ2v) is 7.29. The monoisotopic (exact) mass is 408 g/mol. The lowest BCUT2D eigenvalue weighted by molar-refractivity contribution is -0.0328. The second kappa shape index (κ2) is 8.35. The highest BCUT2D eigenvalue weighted by molar-refractivity contribution is 8.00. The van der Waals surface area contributed by atoms with Crippen LogP contribution < -0.4 is 5.32 Å². The van der Waals surface area contributed by atoms with E-state index in [1.54, 1.807) is 6.07 Å². The summed E-state index contributed by atoms with van der Waals surface area (Å²) >= 11 is -0.288. The minimum absolute atomic E-state index is 0.0539. The molecule has 1 atom stereocenters. The molecule has 0 aliphatic carbocycles. The molecule has 1 unspecified atom stereocenters. The van der Waals surface area contributed by atoms with Gasteiger partial charge in [-0.25, -0.2) is 4.79 Å². The van der Waals surface area contributed by atoms with Crippen LogP contribution in [0.3, 0.4) is 0 Å². The minimum atomic E-state index is -4.42. The van der Waals surface area contributed by atoms with Crippen LogP contribution in [0.25, 0.3) is 0 Å². The molecule has 2 N–H and O–H groups in total. The van der Waals surface area contributed by atoms with Gasteiger partial charge in [0.25, 0.3) is 5.91 Å². The van der Waals surface area contributed by atoms with E-state index >= 15 is 0 Å². The summed E-state index contributed by atoms with van der Waals surface area (Å²) in [5.74, 6) is -1.73. The summed E-state index contributed by atoms with van der Waals surface area (Å²) in [6, 6.07) is 12.8. The normalized spacial score (nSPS) is 13.2. The summed E-state index contributed by atoms with van der Waals surface area (Å²) in [6.07, 6.45) is 0.0539. The zero-order chi connectivity index (χ0) is 20.9. The number of nitrogens with one attached hydrogen (secondary N) is 1. The Labute approximate surface area is 163 Å². The van der Waals surface area contributed by atoms with Crippen molar-refractivity contribution in [3.05, 3.63) is 65.2 Å². The molecule has 0 aromatic heterocycles. The third-order valence-electron chi connectivity index (χ3n) is 3.72. The van der Waals surface area contributed by atoms with Crippen molar-refractivity contribution in [2.75, 3.05) is 0 Å². The first-order chi connectivity index (χ1) is 13.0. The zero-order valence-corrected chi connectivity index (χ0v) is 15.4. The van der Waals surface area contributed by atoms with Crippen LogP contribution in [0.15, 0.2) is 53.4 Å². The van der Waals surface area contributed by atoms with E-state index in [-0.39, 0.29) is 34.2 Å². The van der Waals surface area contributed by atoms with Crippen molar-refractivity contribution in [1.82, 2.24) is 5.32 Å². The molecule has 0 saturated carbocycles. The highest BCUT2D eigenvalue weighted by Crippen LogP contribution is 2.36. The Morgan fingerprint density at radius 1 is 1.14 bits per heavy atom. The number of carboxylic acid groups (broad SMARTS) is 1. The van der Waals surface area contributed by atoms with E-state index < -0.39 is 22.9 Å². The summed E-state index contributed by atoms with van der Waals surface area (Å²) in [6.45, 7) is 1.48. The topological polar surface area (TPSA) is 90.2 Å². The lowest BCUT2D eigenvalue weighted by Gasteiger charge is -2.23. The van der Waals surface area contributed by atoms with E-state index in [0.29, 0.717) is 5.56 Å². The van der Waals surface area contributed by atoms with Crippen LogP contribution >= 0.6 is 11.8 Å². The van der Waals surface area contributed by atoms with Gasteiger partial charge in [0, 0.05) is 16.9 Å². The third-order valence-corrected chi connectivity index (χ3v) is 4.46. The predicted octanol–water partition coefficient (Wildman–Crippen LogP) is 4.25. The number of hydrogen-bond donors (Lipinski definition) is 2. The molecule has 0 bridgehead atoms. The summed E-state index contributed by atoms with van der Waals surface area (Å²) in [5.41, 5.74) is -5.06. The number of benzene rings is 2. The number of carboxylic acids is 1. The maximum absolute atomic E-state index is 12.4. The number of carbonyl (C=O) groups excluding carboxylic acids is 1. The van der Waals surface area contributed by atoms with E-state index in [4.69, 9.17) is 5.11 Å². The number of rotatable bonds is 6. The quantitative estimate of drug-likeness (QED) is 0.698. The van der Waals surface area contributed by atoms with E-state index in [1.807, 2.05) is 6.07 Å². The number of halogens is 3. The predicted molar refractivity (Wildman–Crippen MR) is 96.9 cm³/mol. The van der Waals surface area contributed by atoms with Crippen LogP contribution in [-0.2, 0) is 6.42 Å². The van der Waals surface area contributed by atoms with E-state index in [2.05, 4.69) is 5.32 Å². The largest absolute Gasteiger partial charge is 0.478 e. The van der Waals surface area contributed by atoms with Crippen LogP contribution in [0, 0.1) is 11.3 Å². The number of carbonyl (C=O) groups is 2. The fourth-order valence-electron chi connectivity index (χ4n) is 2.46. The number of thioether (sulfide) groups is 1. The van der Waals surface area contributed by atoms with Crippen LogP contribution in [0.5, 0.6) is 0 Å². The highest BCUT2D eigenvalue weighted by atomic mass is 32.2. The van der Waals surface area contributed by atoms with E-state index in [0.717, 1.165) is 0 Å². The number of alkyl halides is 3. The van der Waals surface area contributed by atoms with Gasteiger partial charge >= 0.3 is 11.5 Å². The van der Waals surface area contributed by atoms with Gasteiger partial charge in [-0.05, 0) is 60.6 Å². The molecule has 0 aliphatic heterocycles. The molecule has 1 amide bonds. The molecule has 28 heavy (non-hydrogen) atoms. The maximum Gasteiger partial charge on any atom is 0.446 e. The van der Waals surface area contributed by atoms with Crippen molar-refractivity contribution < 1.29 is 27.9 Å². The first-order valence-corrected chi connectivity index (χ1v) is 8.75. The number of amides is 1. The molecule has 146 valence electrons. The Bertz CT molecular complexity index is 923. The summed E-state index contributed by atoms with van der Waals surface area (Å²) in [7, 11) is 0. The van der Waals surface area contributed by atoms with Crippen molar-refractivity contribution in [1.29, 1.82) is 5.26 Å². The SMILES string of the molecule is CC(C#N)(Cc1cccc(C(=O)O)c1)NC(=O)c1ccc(SC(F)(F)F)cc1. The van der Waals surface area contributed by atoms with Gasteiger partial charge in [0.15, 0.2) is 0 Å². The zero-order valence-electron chi connectivity index (χ0n) is 14.6. The van der Waals surface area contributed by atoms with Gasteiger partial charge in [-0.3, -0.25) is 4.79 Å². The highest BCUT2D eigenvalue weighted by Gasteiger charge is 2.30. The maximum atomic E-state index is 12.4. The lowest BCUT2D eigenvalue weighted by atomic mass is 9.93. The second-order valence-electron chi connectivity index (χ2n) is 6.15. The van der Waals surface area contributed by atoms with Gasteiger partial charge in [-0.2, -0.15) is 18.4 Å². The van der Waals surface area contributed by atoms with Crippen LogP contribution in [-0.4, -0.2) is 28.0 Å². The van der Waals surface area contributed by atoms with Crippen molar-refractivity contribution in [2.24, 2.45) is 0 Å². The lowest BCUT2D eigenvalue weighted by Crippen LogP contribution is -2.46. The van der Waals surface area contributed by atoms with Gasteiger partial charge in [0.1, 0.15) is 5.54 Å². The summed E-state index contributed by atoms with van der Waals surface area (Å²) < 4.78 is 37.1. The van der Waals surface area contributed by atoms with Gasteiger partial charge in [-0.15, -0.1) is 0 Å². The number of hydrogen-bond acceptors (Lipinski definition) is 4. The Kier molecular flexibility index (Phi) is 6.36. The molecule has 0 fully saturated rings. The van der Waals surface area contributed by atoms with Crippen LogP contribution in [0.4, 0.5) is 13.2 Å². The average molecular weight is 408 g/mol. The molecular weight excluding hydrogens is 393 g/mol. The molecule has 2 rings (SSSR count). The molecule has 0 spiro atoms. The van der Waals surface area contributed by atoms with Crippen molar-refractivity contribution >= 4 is 23.6 Å². The molecular formula is C19H15F3N2O3S. The number of nitriles is 1.